The standard InChI is InChI=1S/C16H13F2N3O3S2/c1-2-21-15(22)6-5-13(19-21)10-7-16(25-9-10)26(23,24)20-14-8-11(17)3-4-12(14)18/h3-9,20H,2H2,1H3. The van der Waals surface area contributed by atoms with E-state index in [4.69, 9.17) is 0 Å². The Morgan fingerprint density at radius 1 is 1.19 bits per heavy atom. The number of nitrogens with one attached hydrogen (secondary N) is 1. The largest absolute Gasteiger partial charge is 0.276 e. The lowest BCUT2D eigenvalue weighted by atomic mass is 10.2. The zero-order chi connectivity index (χ0) is 18.9. The number of benzene rings is 1. The number of thiophene rings is 1. The van der Waals surface area contributed by atoms with Gasteiger partial charge in [0.15, 0.2) is 0 Å². The van der Waals surface area contributed by atoms with E-state index in [9.17, 15) is 22.0 Å². The van der Waals surface area contributed by atoms with E-state index in [1.165, 1.54) is 22.9 Å². The Morgan fingerprint density at radius 3 is 2.69 bits per heavy atom. The summed E-state index contributed by atoms with van der Waals surface area (Å²) in [6.07, 6.45) is 0. The van der Waals surface area contributed by atoms with Gasteiger partial charge in [0.1, 0.15) is 15.8 Å². The summed E-state index contributed by atoms with van der Waals surface area (Å²) in [4.78, 5) is 11.6. The summed E-state index contributed by atoms with van der Waals surface area (Å²) >= 11 is 0.904. The number of aromatic nitrogens is 2. The van der Waals surface area contributed by atoms with Gasteiger partial charge in [-0.2, -0.15) is 5.10 Å². The van der Waals surface area contributed by atoms with Crippen LogP contribution in [0.1, 0.15) is 6.92 Å². The fourth-order valence-corrected chi connectivity index (χ4v) is 4.42. The van der Waals surface area contributed by atoms with Gasteiger partial charge in [-0.3, -0.25) is 9.52 Å². The maximum atomic E-state index is 13.7. The van der Waals surface area contributed by atoms with Crippen LogP contribution in [0, 0.1) is 11.6 Å². The summed E-state index contributed by atoms with van der Waals surface area (Å²) in [6.45, 7) is 2.14. The highest BCUT2D eigenvalue weighted by Gasteiger charge is 2.20. The van der Waals surface area contributed by atoms with Crippen molar-refractivity contribution in [2.45, 2.75) is 17.7 Å². The normalized spacial score (nSPS) is 11.5. The van der Waals surface area contributed by atoms with Gasteiger partial charge in [-0.25, -0.2) is 21.9 Å². The summed E-state index contributed by atoms with van der Waals surface area (Å²) in [5.74, 6) is -1.65. The van der Waals surface area contributed by atoms with Gasteiger partial charge >= 0.3 is 0 Å². The Kier molecular flexibility index (Phi) is 4.88. The zero-order valence-corrected chi connectivity index (χ0v) is 15.1. The third-order valence-electron chi connectivity index (χ3n) is 3.47. The van der Waals surface area contributed by atoms with Crippen LogP contribution in [0.2, 0.25) is 0 Å². The molecule has 0 saturated carbocycles. The highest BCUT2D eigenvalue weighted by Crippen LogP contribution is 2.29. The van der Waals surface area contributed by atoms with Crippen LogP contribution in [0.25, 0.3) is 11.3 Å². The SMILES string of the molecule is CCn1nc(-c2csc(S(=O)(=O)Nc3cc(F)ccc3F)c2)ccc1=O. The van der Waals surface area contributed by atoms with Crippen LogP contribution in [0.5, 0.6) is 0 Å². The minimum Gasteiger partial charge on any atom is -0.276 e. The molecule has 136 valence electrons. The fourth-order valence-electron chi connectivity index (χ4n) is 2.19. The van der Waals surface area contributed by atoms with E-state index in [2.05, 4.69) is 5.10 Å². The number of anilines is 1. The highest BCUT2D eigenvalue weighted by atomic mass is 32.2. The Labute approximate surface area is 151 Å². The third kappa shape index (κ3) is 3.65. The predicted molar refractivity (Wildman–Crippen MR) is 94.7 cm³/mol. The van der Waals surface area contributed by atoms with Crippen LogP contribution in [0.3, 0.4) is 0 Å². The van der Waals surface area contributed by atoms with E-state index < -0.39 is 27.3 Å². The first-order valence-corrected chi connectivity index (χ1v) is 9.81. The maximum absolute atomic E-state index is 13.7. The molecule has 0 fully saturated rings. The van der Waals surface area contributed by atoms with E-state index in [0.29, 0.717) is 17.8 Å². The molecule has 0 unspecified atom stereocenters. The Bertz CT molecular complexity index is 1120. The van der Waals surface area contributed by atoms with E-state index >= 15 is 0 Å². The van der Waals surface area contributed by atoms with Crippen LogP contribution < -0.4 is 10.3 Å². The average molecular weight is 397 g/mol. The van der Waals surface area contributed by atoms with Crippen molar-refractivity contribution in [1.29, 1.82) is 0 Å². The number of sulfonamides is 1. The molecule has 2 heterocycles. The zero-order valence-electron chi connectivity index (χ0n) is 13.4. The second-order valence-electron chi connectivity index (χ2n) is 5.26. The molecule has 0 spiro atoms. The number of hydrogen-bond donors (Lipinski definition) is 1. The molecule has 3 rings (SSSR count). The first-order valence-electron chi connectivity index (χ1n) is 7.45. The molecule has 10 heteroatoms. The van der Waals surface area contributed by atoms with Crippen LogP contribution in [0.15, 0.2) is 50.8 Å². The van der Waals surface area contributed by atoms with Crippen molar-refractivity contribution in [2.75, 3.05) is 4.72 Å². The first kappa shape index (κ1) is 18.2. The monoisotopic (exact) mass is 397 g/mol. The first-order chi connectivity index (χ1) is 12.3. The van der Waals surface area contributed by atoms with Gasteiger partial charge in [-0.1, -0.05) is 0 Å². The lowest BCUT2D eigenvalue weighted by molar-refractivity contribution is 0.595. The topological polar surface area (TPSA) is 81.1 Å². The minimum atomic E-state index is -4.10. The quantitative estimate of drug-likeness (QED) is 0.717. The number of nitrogens with zero attached hydrogens (tertiary/aromatic N) is 2. The molecular weight excluding hydrogens is 384 g/mol. The maximum Gasteiger partial charge on any atom is 0.271 e. The molecule has 2 aromatic heterocycles. The fraction of sp³-hybridized carbons (Fsp3) is 0.125. The smallest absolute Gasteiger partial charge is 0.271 e. The Morgan fingerprint density at radius 2 is 1.96 bits per heavy atom. The molecule has 0 saturated heterocycles. The number of rotatable bonds is 5. The van der Waals surface area contributed by atoms with Gasteiger partial charge in [0, 0.05) is 29.6 Å². The van der Waals surface area contributed by atoms with Crippen molar-refractivity contribution in [3.05, 3.63) is 63.8 Å². The molecular formula is C16H13F2N3O3S2. The highest BCUT2D eigenvalue weighted by molar-refractivity contribution is 7.94. The van der Waals surface area contributed by atoms with Crippen molar-refractivity contribution in [1.82, 2.24) is 9.78 Å². The molecule has 0 aliphatic heterocycles. The number of hydrogen-bond acceptors (Lipinski definition) is 5. The molecule has 0 amide bonds. The number of halogens is 2. The summed E-state index contributed by atoms with van der Waals surface area (Å²) in [7, 11) is -4.10. The molecule has 26 heavy (non-hydrogen) atoms. The Hall–Kier alpha value is -2.59. The van der Waals surface area contributed by atoms with Crippen molar-refractivity contribution in [3.63, 3.8) is 0 Å². The molecule has 1 N–H and O–H groups in total. The molecule has 6 nitrogen and oxygen atoms in total. The van der Waals surface area contributed by atoms with E-state index in [0.717, 1.165) is 29.5 Å². The molecule has 3 aromatic rings. The lowest BCUT2D eigenvalue weighted by Crippen LogP contribution is -2.20. The molecule has 0 aliphatic rings. The van der Waals surface area contributed by atoms with Gasteiger partial charge in [-0.15, -0.1) is 11.3 Å². The van der Waals surface area contributed by atoms with Gasteiger partial charge in [0.2, 0.25) is 0 Å². The van der Waals surface area contributed by atoms with Gasteiger partial charge in [0.25, 0.3) is 15.6 Å². The molecule has 0 atom stereocenters. The van der Waals surface area contributed by atoms with Gasteiger partial charge in [-0.05, 0) is 31.2 Å². The van der Waals surface area contributed by atoms with Crippen LogP contribution in [-0.4, -0.2) is 18.2 Å². The average Bonchev–Trinajstić information content (AvgIpc) is 3.09. The third-order valence-corrected chi connectivity index (χ3v) is 6.28. The second kappa shape index (κ2) is 6.96. The van der Waals surface area contributed by atoms with Crippen LogP contribution >= 0.6 is 11.3 Å². The van der Waals surface area contributed by atoms with E-state index in [1.54, 1.807) is 12.3 Å². The predicted octanol–water partition coefficient (Wildman–Crippen LogP) is 3.07. The summed E-state index contributed by atoms with van der Waals surface area (Å²) in [5, 5.41) is 5.71. The minimum absolute atomic E-state index is 0.0905. The van der Waals surface area contributed by atoms with Crippen molar-refractivity contribution >= 4 is 27.0 Å². The summed E-state index contributed by atoms with van der Waals surface area (Å²) in [5.41, 5.74) is 0.193. The van der Waals surface area contributed by atoms with Crippen molar-refractivity contribution in [2.24, 2.45) is 0 Å². The molecule has 0 bridgehead atoms. The molecule has 0 radical (unpaired) electrons. The Balaban J connectivity index is 1.93. The van der Waals surface area contributed by atoms with Gasteiger partial charge in [0.05, 0.1) is 11.4 Å². The number of aryl methyl sites for hydroxylation is 1. The summed E-state index contributed by atoms with van der Waals surface area (Å²) in [6, 6.07) is 6.69. The lowest BCUT2D eigenvalue weighted by Gasteiger charge is -2.07. The van der Waals surface area contributed by atoms with Crippen molar-refractivity contribution < 1.29 is 17.2 Å². The van der Waals surface area contributed by atoms with Gasteiger partial charge < -0.3 is 0 Å². The molecule has 0 aliphatic carbocycles. The van der Waals surface area contributed by atoms with Crippen LogP contribution in [-0.2, 0) is 16.6 Å². The van der Waals surface area contributed by atoms with Crippen LogP contribution in [0.4, 0.5) is 14.5 Å². The summed E-state index contributed by atoms with van der Waals surface area (Å²) < 4.78 is 54.9. The molecule has 1 aromatic carbocycles. The van der Waals surface area contributed by atoms with Crippen molar-refractivity contribution in [3.8, 4) is 11.3 Å². The van der Waals surface area contributed by atoms with E-state index in [-0.39, 0.29) is 9.77 Å². The second-order valence-corrected chi connectivity index (χ2v) is 8.08. The van der Waals surface area contributed by atoms with E-state index in [1.807, 2.05) is 4.72 Å².